The minimum Gasteiger partial charge on any atom is -1.00 e. The Kier molecular flexibility index (Phi) is 19.3. The van der Waals surface area contributed by atoms with Crippen molar-refractivity contribution in [3.05, 3.63) is 110 Å². The summed E-state index contributed by atoms with van der Waals surface area (Å²) < 4.78 is 16.6. The van der Waals surface area contributed by atoms with Gasteiger partial charge in [-0.05, 0) is 13.8 Å². The highest BCUT2D eigenvalue weighted by molar-refractivity contribution is 5.57. The summed E-state index contributed by atoms with van der Waals surface area (Å²) in [6, 6.07) is 20.7. The highest BCUT2D eigenvalue weighted by atomic mass is 127. The Morgan fingerprint density at radius 2 is 0.913 bits per heavy atom. The summed E-state index contributed by atoms with van der Waals surface area (Å²) in [6.45, 7) is 9.85. The fraction of sp³-hybridized carbons (Fsp3) is 0.312. The Morgan fingerprint density at radius 3 is 1.24 bits per heavy atom. The smallest absolute Gasteiger partial charge is 0.243 e. The zero-order chi connectivity index (χ0) is 29.3. The van der Waals surface area contributed by atoms with Crippen LogP contribution in [0.15, 0.2) is 110 Å². The van der Waals surface area contributed by atoms with Crippen LogP contribution in [0.4, 0.5) is 0 Å². The maximum atomic E-state index is 4.54. The van der Waals surface area contributed by atoms with Crippen molar-refractivity contribution >= 4 is 0 Å². The Labute approximate surface area is 340 Å². The van der Waals surface area contributed by atoms with Gasteiger partial charge in [-0.3, -0.25) is 0 Å². The second-order valence-electron chi connectivity index (χ2n) is 10.3. The predicted octanol–water partition coefficient (Wildman–Crippen LogP) is -9.62. The van der Waals surface area contributed by atoms with E-state index in [9.17, 15) is 0 Å². The molecular formula is C32H42I4N10. The lowest BCUT2D eigenvalue weighted by atomic mass is 10.2. The van der Waals surface area contributed by atoms with Gasteiger partial charge < -0.3 is 95.9 Å². The molecule has 6 aromatic rings. The van der Waals surface area contributed by atoms with Crippen LogP contribution in [-0.4, -0.2) is 28.9 Å². The predicted molar refractivity (Wildman–Crippen MR) is 158 cm³/mol. The molecule has 4 heterocycles. The normalized spacial score (nSPS) is 10.0. The molecule has 14 heteroatoms. The molecular weight excluding hydrogens is 1030 g/mol. The lowest BCUT2D eigenvalue weighted by Gasteiger charge is -1.92. The van der Waals surface area contributed by atoms with Gasteiger partial charge in [-0.2, -0.15) is 0 Å². The zero-order valence-corrected chi connectivity index (χ0v) is 35.2. The van der Waals surface area contributed by atoms with Crippen LogP contribution in [-0.2, 0) is 53.4 Å². The number of imidazole rings is 2. The van der Waals surface area contributed by atoms with Crippen LogP contribution < -0.4 is 114 Å². The van der Waals surface area contributed by atoms with Crippen LogP contribution >= 0.6 is 0 Å². The van der Waals surface area contributed by atoms with Crippen molar-refractivity contribution in [3.63, 3.8) is 0 Å². The molecule has 4 aromatic heterocycles. The molecule has 2 aromatic carbocycles. The maximum absolute atomic E-state index is 4.54. The van der Waals surface area contributed by atoms with Gasteiger partial charge in [0.05, 0.1) is 23.5 Å². The lowest BCUT2D eigenvalue weighted by Crippen LogP contribution is -3.00. The summed E-state index contributed by atoms with van der Waals surface area (Å²) in [5.74, 6) is 0. The van der Waals surface area contributed by atoms with E-state index in [2.05, 4.69) is 141 Å². The monoisotopic (exact) mass is 1070 g/mol. The molecule has 0 fully saturated rings. The van der Waals surface area contributed by atoms with Gasteiger partial charge in [0.15, 0.2) is 36.9 Å². The molecule has 248 valence electrons. The van der Waals surface area contributed by atoms with Crippen molar-refractivity contribution in [2.24, 2.45) is 14.1 Å². The number of benzene rings is 2. The van der Waals surface area contributed by atoms with E-state index in [1.165, 1.54) is 11.1 Å². The van der Waals surface area contributed by atoms with E-state index in [0.717, 1.165) is 50.7 Å². The van der Waals surface area contributed by atoms with Gasteiger partial charge in [0.25, 0.3) is 0 Å². The topological polar surface area (TPSA) is 61.0 Å². The van der Waals surface area contributed by atoms with E-state index in [0.29, 0.717) is 0 Å². The van der Waals surface area contributed by atoms with Crippen LogP contribution in [0.5, 0.6) is 0 Å². The number of rotatable bonds is 10. The molecule has 0 unspecified atom stereocenters. The Morgan fingerprint density at radius 1 is 0.543 bits per heavy atom. The number of aryl methyl sites for hydroxylation is 8. The first-order valence-corrected chi connectivity index (χ1v) is 14.6. The van der Waals surface area contributed by atoms with E-state index >= 15 is 0 Å². The lowest BCUT2D eigenvalue weighted by molar-refractivity contribution is -0.809. The molecule has 0 atom stereocenters. The average molecular weight is 1070 g/mol. The molecule has 0 N–H and O–H groups in total. The van der Waals surface area contributed by atoms with Crippen molar-refractivity contribution in [1.82, 2.24) is 28.9 Å². The van der Waals surface area contributed by atoms with Crippen molar-refractivity contribution in [2.75, 3.05) is 0 Å². The third-order valence-corrected chi connectivity index (χ3v) is 7.27. The number of halogens is 4. The Balaban J connectivity index is 0.000000423. The molecule has 0 aliphatic carbocycles. The largest absolute Gasteiger partial charge is 1.00 e. The molecule has 0 spiro atoms. The molecule has 6 rings (SSSR count). The number of hydrogen-bond donors (Lipinski definition) is 0. The SMILES string of the molecule is CCn1cc[n+](CC[n+]2cc(-c3ccccc3)n(C)n2)c1.CCn1cc[n+](CC[n+]2cc(-c3ccccc3)n(C)n2)c1.[I-].[I-].[I-].[I-]. The van der Waals surface area contributed by atoms with E-state index < -0.39 is 0 Å². The summed E-state index contributed by atoms with van der Waals surface area (Å²) in [4.78, 5) is 0. The van der Waals surface area contributed by atoms with Gasteiger partial charge in [0.2, 0.25) is 12.7 Å². The van der Waals surface area contributed by atoms with E-state index in [-0.39, 0.29) is 95.9 Å². The van der Waals surface area contributed by atoms with Crippen molar-refractivity contribution in [3.8, 4) is 22.5 Å². The Bertz CT molecular complexity index is 1570. The molecule has 0 aliphatic heterocycles. The minimum atomic E-state index is 0. The van der Waals surface area contributed by atoms with Crippen LogP contribution in [0.1, 0.15) is 13.8 Å². The first-order chi connectivity index (χ1) is 20.5. The van der Waals surface area contributed by atoms with Gasteiger partial charge in [0.1, 0.15) is 52.0 Å². The highest BCUT2D eigenvalue weighted by Gasteiger charge is 2.16. The standard InChI is InChI=1S/2C16H21N5.4HI/c2*1-3-19-9-10-20(14-19)11-12-21-13-16(18(2)17-21)15-7-5-4-6-8-15;;;;/h2*4-10,13-14H,3,11-12H2,1-2H3;4*1H/q2*+2;;;;/p-4. The van der Waals surface area contributed by atoms with E-state index in [4.69, 9.17) is 0 Å². The van der Waals surface area contributed by atoms with Gasteiger partial charge in [0, 0.05) is 11.1 Å². The molecule has 0 bridgehead atoms. The van der Waals surface area contributed by atoms with Crippen LogP contribution in [0.25, 0.3) is 22.5 Å². The van der Waals surface area contributed by atoms with Gasteiger partial charge in [-0.15, -0.1) is 18.7 Å². The molecule has 46 heavy (non-hydrogen) atoms. The summed E-state index contributed by atoms with van der Waals surface area (Å²) in [6.07, 6.45) is 16.9. The van der Waals surface area contributed by atoms with Gasteiger partial charge >= 0.3 is 0 Å². The third-order valence-electron chi connectivity index (χ3n) is 7.27. The zero-order valence-electron chi connectivity index (χ0n) is 26.6. The average Bonchev–Trinajstić information content (AvgIpc) is 3.83. The van der Waals surface area contributed by atoms with Crippen LogP contribution in [0.3, 0.4) is 0 Å². The summed E-state index contributed by atoms with van der Waals surface area (Å²) >= 11 is 0. The first-order valence-electron chi connectivity index (χ1n) is 14.6. The van der Waals surface area contributed by atoms with Gasteiger partial charge in [-0.1, -0.05) is 60.7 Å². The second-order valence-corrected chi connectivity index (χ2v) is 10.3. The van der Waals surface area contributed by atoms with Crippen molar-refractivity contribution in [1.29, 1.82) is 0 Å². The first kappa shape index (κ1) is 42.1. The van der Waals surface area contributed by atoms with Crippen LogP contribution in [0.2, 0.25) is 0 Å². The Hall–Kier alpha value is -1.94. The molecule has 0 aliphatic rings. The van der Waals surface area contributed by atoms with Crippen molar-refractivity contribution < 1.29 is 114 Å². The molecule has 10 nitrogen and oxygen atoms in total. The maximum Gasteiger partial charge on any atom is 0.243 e. The fourth-order valence-corrected chi connectivity index (χ4v) is 4.85. The molecule has 0 saturated heterocycles. The van der Waals surface area contributed by atoms with Crippen LogP contribution in [0, 0.1) is 0 Å². The highest BCUT2D eigenvalue weighted by Crippen LogP contribution is 2.16. The van der Waals surface area contributed by atoms with E-state index in [1.54, 1.807) is 0 Å². The summed E-state index contributed by atoms with van der Waals surface area (Å²) in [7, 11) is 3.97. The summed E-state index contributed by atoms with van der Waals surface area (Å²) in [5, 5.41) is 9.08. The number of nitrogens with zero attached hydrogens (tertiary/aromatic N) is 10. The number of hydrogen-bond acceptors (Lipinski definition) is 2. The minimum absolute atomic E-state index is 0. The summed E-state index contributed by atoms with van der Waals surface area (Å²) in [5.41, 5.74) is 4.64. The molecule has 0 radical (unpaired) electrons. The van der Waals surface area contributed by atoms with Crippen molar-refractivity contribution in [2.45, 2.75) is 53.1 Å². The third kappa shape index (κ3) is 11.6. The molecule has 0 amide bonds. The van der Waals surface area contributed by atoms with E-state index in [1.807, 2.05) is 45.0 Å². The quantitative estimate of drug-likeness (QED) is 0.101. The van der Waals surface area contributed by atoms with Gasteiger partial charge in [-0.25, -0.2) is 18.3 Å². The number of aromatic nitrogens is 10. The molecule has 0 saturated carbocycles. The fourth-order valence-electron chi connectivity index (χ4n) is 4.85. The second kappa shape index (κ2) is 21.1.